The molecule has 3 heteroatoms. The van der Waals surface area contributed by atoms with Gasteiger partial charge in [0, 0.05) is 6.42 Å². The standard InChI is InChI=1S/C10H14BNO/c11-12-10(13)8-4-7-9-5-2-1-3-6-9/h1-3,5-6H,4,7-8,11H2,(H,12,13). The van der Waals surface area contributed by atoms with Gasteiger partial charge in [0.15, 0.2) is 0 Å². The van der Waals surface area contributed by atoms with E-state index < -0.39 is 0 Å². The molecule has 0 aliphatic heterocycles. The van der Waals surface area contributed by atoms with E-state index in [2.05, 4.69) is 17.4 Å². The lowest BCUT2D eigenvalue weighted by atomic mass is 10.1. The van der Waals surface area contributed by atoms with Gasteiger partial charge in [-0.3, -0.25) is 4.79 Å². The maximum Gasteiger partial charge on any atom is 0.217 e. The van der Waals surface area contributed by atoms with Crippen molar-refractivity contribution in [2.24, 2.45) is 0 Å². The molecule has 0 unspecified atom stereocenters. The monoisotopic (exact) mass is 175 g/mol. The summed E-state index contributed by atoms with van der Waals surface area (Å²) < 4.78 is 0. The average Bonchev–Trinajstić information content (AvgIpc) is 2.19. The first-order valence-electron chi connectivity index (χ1n) is 4.57. The van der Waals surface area contributed by atoms with Gasteiger partial charge in [0.1, 0.15) is 0 Å². The van der Waals surface area contributed by atoms with Crippen LogP contribution in [0, 0.1) is 0 Å². The van der Waals surface area contributed by atoms with Crippen molar-refractivity contribution in [3.05, 3.63) is 35.9 Å². The molecule has 2 nitrogen and oxygen atoms in total. The van der Waals surface area contributed by atoms with Crippen LogP contribution in [0.4, 0.5) is 0 Å². The highest BCUT2D eigenvalue weighted by atomic mass is 16.1. The average molecular weight is 175 g/mol. The largest absolute Gasteiger partial charge is 0.406 e. The molecule has 1 aromatic carbocycles. The van der Waals surface area contributed by atoms with Gasteiger partial charge in [-0.05, 0) is 18.4 Å². The maximum atomic E-state index is 10.9. The summed E-state index contributed by atoms with van der Waals surface area (Å²) in [6, 6.07) is 10.2. The first-order valence-corrected chi connectivity index (χ1v) is 4.57. The fourth-order valence-electron chi connectivity index (χ4n) is 1.22. The summed E-state index contributed by atoms with van der Waals surface area (Å²) in [5.41, 5.74) is 1.30. The number of hydrogen-bond donors (Lipinski definition) is 1. The molecule has 1 rings (SSSR count). The first-order chi connectivity index (χ1) is 6.33. The fourth-order valence-corrected chi connectivity index (χ4v) is 1.22. The molecule has 0 aliphatic carbocycles. The van der Waals surface area contributed by atoms with Crippen molar-refractivity contribution in [1.29, 1.82) is 0 Å². The Kier molecular flexibility index (Phi) is 4.09. The highest BCUT2D eigenvalue weighted by molar-refractivity contribution is 6.14. The molecule has 1 aromatic rings. The molecule has 0 saturated heterocycles. The van der Waals surface area contributed by atoms with Crippen LogP contribution in [0.1, 0.15) is 18.4 Å². The number of hydrogen-bond acceptors (Lipinski definition) is 1. The Morgan fingerprint density at radius 1 is 1.31 bits per heavy atom. The third-order valence-electron chi connectivity index (χ3n) is 1.99. The number of aryl methyl sites for hydroxylation is 1. The molecule has 1 amide bonds. The van der Waals surface area contributed by atoms with Crippen molar-refractivity contribution in [2.75, 3.05) is 0 Å². The van der Waals surface area contributed by atoms with Crippen LogP contribution in [0.3, 0.4) is 0 Å². The summed E-state index contributed by atoms with van der Waals surface area (Å²) in [5, 5.41) is 2.61. The van der Waals surface area contributed by atoms with Crippen molar-refractivity contribution >= 4 is 13.9 Å². The summed E-state index contributed by atoms with van der Waals surface area (Å²) in [5.74, 6) is 0.121. The second-order valence-electron chi connectivity index (χ2n) is 3.01. The van der Waals surface area contributed by atoms with Gasteiger partial charge in [-0.1, -0.05) is 30.3 Å². The Morgan fingerprint density at radius 2 is 2.00 bits per heavy atom. The van der Waals surface area contributed by atoms with Crippen molar-refractivity contribution in [2.45, 2.75) is 19.3 Å². The Hall–Kier alpha value is -1.25. The number of nitrogens with one attached hydrogen (secondary N) is 1. The lowest BCUT2D eigenvalue weighted by Crippen LogP contribution is -2.18. The zero-order valence-corrected chi connectivity index (χ0v) is 7.92. The molecule has 0 atom stereocenters. The van der Waals surface area contributed by atoms with Crippen LogP contribution in [0.5, 0.6) is 0 Å². The third-order valence-corrected chi connectivity index (χ3v) is 1.99. The van der Waals surface area contributed by atoms with Crippen LogP contribution in [0.25, 0.3) is 0 Å². The lowest BCUT2D eigenvalue weighted by molar-refractivity contribution is -0.119. The van der Waals surface area contributed by atoms with Gasteiger partial charge in [0.05, 0.1) is 0 Å². The van der Waals surface area contributed by atoms with Crippen LogP contribution >= 0.6 is 0 Å². The van der Waals surface area contributed by atoms with Gasteiger partial charge < -0.3 is 5.23 Å². The van der Waals surface area contributed by atoms with E-state index in [0.29, 0.717) is 6.42 Å². The minimum atomic E-state index is 0.121. The van der Waals surface area contributed by atoms with Crippen molar-refractivity contribution in [1.82, 2.24) is 5.23 Å². The third kappa shape index (κ3) is 3.79. The molecular formula is C10H14BNO. The van der Waals surface area contributed by atoms with E-state index in [4.69, 9.17) is 0 Å². The summed E-state index contributed by atoms with van der Waals surface area (Å²) in [4.78, 5) is 10.9. The SMILES string of the molecule is BNC(=O)CCCc1ccccc1. The van der Waals surface area contributed by atoms with Crippen LogP contribution in [-0.4, -0.2) is 13.9 Å². The van der Waals surface area contributed by atoms with Gasteiger partial charge in [0.2, 0.25) is 13.9 Å². The summed E-state index contributed by atoms with van der Waals surface area (Å²) in [6.45, 7) is 0. The van der Waals surface area contributed by atoms with Crippen molar-refractivity contribution in [3.8, 4) is 0 Å². The molecular weight excluding hydrogens is 161 g/mol. The summed E-state index contributed by atoms with van der Waals surface area (Å²) in [6.07, 6.45) is 2.52. The van der Waals surface area contributed by atoms with E-state index in [1.54, 1.807) is 7.98 Å². The molecule has 0 aromatic heterocycles. The Bertz CT molecular complexity index is 261. The topological polar surface area (TPSA) is 29.1 Å². The van der Waals surface area contributed by atoms with E-state index >= 15 is 0 Å². The lowest BCUT2D eigenvalue weighted by Gasteiger charge is -2.00. The number of carbonyl (C=O) groups is 1. The Balaban J connectivity index is 2.24. The summed E-state index contributed by atoms with van der Waals surface area (Å²) in [7, 11) is 1.67. The van der Waals surface area contributed by atoms with Gasteiger partial charge in [-0.15, -0.1) is 0 Å². The van der Waals surface area contributed by atoms with Gasteiger partial charge in [-0.25, -0.2) is 0 Å². The summed E-state index contributed by atoms with van der Waals surface area (Å²) >= 11 is 0. The van der Waals surface area contributed by atoms with Crippen LogP contribution < -0.4 is 5.23 Å². The van der Waals surface area contributed by atoms with Crippen molar-refractivity contribution < 1.29 is 4.79 Å². The van der Waals surface area contributed by atoms with E-state index in [9.17, 15) is 4.79 Å². The molecule has 1 N–H and O–H groups in total. The van der Waals surface area contributed by atoms with E-state index in [-0.39, 0.29) is 5.91 Å². The van der Waals surface area contributed by atoms with Gasteiger partial charge >= 0.3 is 0 Å². The zero-order chi connectivity index (χ0) is 9.52. The van der Waals surface area contributed by atoms with Crippen LogP contribution in [0.2, 0.25) is 0 Å². The van der Waals surface area contributed by atoms with Gasteiger partial charge in [-0.2, -0.15) is 0 Å². The molecule has 13 heavy (non-hydrogen) atoms. The fraction of sp³-hybridized carbons (Fsp3) is 0.300. The normalized spacial score (nSPS) is 9.54. The second kappa shape index (κ2) is 5.41. The number of amides is 1. The first kappa shape index (κ1) is 9.84. The molecule has 0 aliphatic rings. The van der Waals surface area contributed by atoms with Crippen LogP contribution in [0.15, 0.2) is 30.3 Å². The van der Waals surface area contributed by atoms with E-state index in [1.807, 2.05) is 18.2 Å². The molecule has 0 fully saturated rings. The molecule has 0 bridgehead atoms. The zero-order valence-electron chi connectivity index (χ0n) is 7.92. The maximum absolute atomic E-state index is 10.9. The number of benzene rings is 1. The van der Waals surface area contributed by atoms with E-state index in [1.165, 1.54) is 5.56 Å². The molecule has 0 heterocycles. The van der Waals surface area contributed by atoms with Gasteiger partial charge in [0.25, 0.3) is 0 Å². The predicted octanol–water partition coefficient (Wildman–Crippen LogP) is 0.674. The number of carbonyl (C=O) groups excluding carboxylic acids is 1. The van der Waals surface area contributed by atoms with Crippen LogP contribution in [-0.2, 0) is 11.2 Å². The Labute approximate surface area is 79.8 Å². The van der Waals surface area contributed by atoms with E-state index in [0.717, 1.165) is 12.8 Å². The quantitative estimate of drug-likeness (QED) is 0.669. The molecule has 68 valence electrons. The highest BCUT2D eigenvalue weighted by Crippen LogP contribution is 2.03. The number of rotatable bonds is 4. The smallest absolute Gasteiger partial charge is 0.217 e. The molecule has 0 spiro atoms. The van der Waals surface area contributed by atoms with Crippen molar-refractivity contribution in [3.63, 3.8) is 0 Å². The predicted molar refractivity (Wildman–Crippen MR) is 56.1 cm³/mol. The molecule has 0 saturated carbocycles. The Morgan fingerprint density at radius 3 is 2.62 bits per heavy atom. The minimum Gasteiger partial charge on any atom is -0.406 e. The second-order valence-corrected chi connectivity index (χ2v) is 3.01. The highest BCUT2D eigenvalue weighted by Gasteiger charge is 1.97. The molecule has 0 radical (unpaired) electrons. The minimum absolute atomic E-state index is 0.121.